The Morgan fingerprint density at radius 3 is 2.77 bits per heavy atom. The number of likely N-dealkylation sites (N-methyl/N-ethyl adjacent to an activating group) is 1. The number of hydrogen-bond donors (Lipinski definition) is 1. The fraction of sp³-hybridized carbons (Fsp3) is 0.684. The third-order valence-electron chi connectivity index (χ3n) is 5.30. The van der Waals surface area contributed by atoms with Crippen LogP contribution in [0.5, 0.6) is 0 Å². The molecule has 7 nitrogen and oxygen atoms in total. The van der Waals surface area contributed by atoms with E-state index in [1.54, 1.807) is 6.26 Å². The van der Waals surface area contributed by atoms with Crippen molar-refractivity contribution in [1.82, 2.24) is 20.0 Å². The fourth-order valence-electron chi connectivity index (χ4n) is 3.66. The van der Waals surface area contributed by atoms with E-state index in [0.29, 0.717) is 19.5 Å². The summed E-state index contributed by atoms with van der Waals surface area (Å²) >= 11 is 0. The van der Waals surface area contributed by atoms with Gasteiger partial charge in [-0.1, -0.05) is 0 Å². The number of nitrogens with zero attached hydrogens (tertiary/aromatic N) is 3. The Balaban J connectivity index is 1.39. The molecular formula is C19H30N4O3. The van der Waals surface area contributed by atoms with E-state index in [2.05, 4.69) is 15.1 Å². The van der Waals surface area contributed by atoms with Crippen molar-refractivity contribution in [2.45, 2.75) is 31.8 Å². The first-order valence-electron chi connectivity index (χ1n) is 9.49. The topological polar surface area (TPSA) is 69.0 Å². The molecule has 0 saturated carbocycles. The molecule has 1 atom stereocenters. The van der Waals surface area contributed by atoms with Crippen LogP contribution in [0.1, 0.15) is 25.0 Å². The summed E-state index contributed by atoms with van der Waals surface area (Å²) < 4.78 is 5.40. The predicted molar refractivity (Wildman–Crippen MR) is 98.4 cm³/mol. The molecule has 2 aliphatic heterocycles. The third kappa shape index (κ3) is 5.08. The highest BCUT2D eigenvalue weighted by atomic mass is 16.3. The lowest BCUT2D eigenvalue weighted by atomic mass is 10.0. The van der Waals surface area contributed by atoms with Crippen molar-refractivity contribution >= 4 is 11.8 Å². The average Bonchev–Trinajstić information content (AvgIpc) is 3.24. The highest BCUT2D eigenvalue weighted by Gasteiger charge is 2.35. The van der Waals surface area contributed by atoms with Gasteiger partial charge in [0, 0.05) is 45.2 Å². The molecule has 1 aromatic rings. The maximum atomic E-state index is 12.6. The maximum absolute atomic E-state index is 12.6. The minimum absolute atomic E-state index is 0.0372. The number of likely N-dealkylation sites (tertiary alicyclic amines) is 2. The molecule has 3 rings (SSSR count). The summed E-state index contributed by atoms with van der Waals surface area (Å²) in [7, 11) is 3.98. The highest BCUT2D eigenvalue weighted by molar-refractivity contribution is 5.89. The summed E-state index contributed by atoms with van der Waals surface area (Å²) in [6, 6.07) is 4.11. The van der Waals surface area contributed by atoms with Gasteiger partial charge in [-0.05, 0) is 39.1 Å². The van der Waals surface area contributed by atoms with Gasteiger partial charge in [0.2, 0.25) is 11.8 Å². The number of carbonyl (C=O) groups excluding carboxylic acids is 2. The summed E-state index contributed by atoms with van der Waals surface area (Å²) in [4.78, 5) is 30.9. The molecule has 2 amide bonds. The van der Waals surface area contributed by atoms with Crippen LogP contribution >= 0.6 is 0 Å². The lowest BCUT2D eigenvalue weighted by Crippen LogP contribution is -2.46. The van der Waals surface area contributed by atoms with Gasteiger partial charge >= 0.3 is 0 Å². The summed E-state index contributed by atoms with van der Waals surface area (Å²) in [6.45, 7) is 4.80. The van der Waals surface area contributed by atoms with Crippen LogP contribution in [0.15, 0.2) is 22.8 Å². The predicted octanol–water partition coefficient (Wildman–Crippen LogP) is 0.770. The summed E-state index contributed by atoms with van der Waals surface area (Å²) in [5, 5.41) is 3.17. The number of hydrogen-bond acceptors (Lipinski definition) is 5. The fourth-order valence-corrected chi connectivity index (χ4v) is 3.66. The zero-order valence-electron chi connectivity index (χ0n) is 15.8. The first-order chi connectivity index (χ1) is 12.5. The number of rotatable bonds is 7. The second-order valence-electron chi connectivity index (χ2n) is 7.68. The molecule has 0 radical (unpaired) electrons. The molecule has 0 aromatic carbocycles. The summed E-state index contributed by atoms with van der Waals surface area (Å²) in [6.07, 6.45) is 3.93. The number of piperidine rings is 1. The molecule has 2 aliphatic rings. The SMILES string of the molecule is CN(C)CCN1C[C@@H](C(=O)NC2CCN(Cc3ccco3)CC2)CC1=O. The molecule has 0 spiro atoms. The molecule has 1 N–H and O–H groups in total. The Morgan fingerprint density at radius 2 is 2.12 bits per heavy atom. The van der Waals surface area contributed by atoms with Crippen molar-refractivity contribution in [3.63, 3.8) is 0 Å². The van der Waals surface area contributed by atoms with Gasteiger partial charge in [-0.3, -0.25) is 14.5 Å². The first-order valence-corrected chi connectivity index (χ1v) is 9.49. The summed E-state index contributed by atoms with van der Waals surface area (Å²) in [5.41, 5.74) is 0. The van der Waals surface area contributed by atoms with Gasteiger partial charge < -0.3 is 19.5 Å². The number of amides is 2. The largest absolute Gasteiger partial charge is 0.468 e. The monoisotopic (exact) mass is 362 g/mol. The van der Waals surface area contributed by atoms with Gasteiger partial charge in [-0.25, -0.2) is 0 Å². The molecule has 3 heterocycles. The van der Waals surface area contributed by atoms with Gasteiger partial charge in [-0.15, -0.1) is 0 Å². The quantitative estimate of drug-likeness (QED) is 0.776. The van der Waals surface area contributed by atoms with Crippen molar-refractivity contribution in [2.24, 2.45) is 5.92 Å². The van der Waals surface area contributed by atoms with Crippen LogP contribution < -0.4 is 5.32 Å². The lowest BCUT2D eigenvalue weighted by Gasteiger charge is -2.32. The van der Waals surface area contributed by atoms with E-state index in [1.807, 2.05) is 31.1 Å². The molecular weight excluding hydrogens is 332 g/mol. The number of furan rings is 1. The van der Waals surface area contributed by atoms with Gasteiger partial charge in [0.15, 0.2) is 0 Å². The second-order valence-corrected chi connectivity index (χ2v) is 7.68. The Kier molecular flexibility index (Phi) is 6.32. The van der Waals surface area contributed by atoms with E-state index in [-0.39, 0.29) is 23.8 Å². The molecule has 2 saturated heterocycles. The Bertz CT molecular complexity index is 594. The van der Waals surface area contributed by atoms with Gasteiger partial charge in [0.05, 0.1) is 18.7 Å². The van der Waals surface area contributed by atoms with Crippen LogP contribution in [0.3, 0.4) is 0 Å². The molecule has 26 heavy (non-hydrogen) atoms. The Labute approximate surface area is 155 Å². The Morgan fingerprint density at radius 1 is 1.35 bits per heavy atom. The lowest BCUT2D eigenvalue weighted by molar-refractivity contribution is -0.129. The van der Waals surface area contributed by atoms with Gasteiger partial charge in [-0.2, -0.15) is 0 Å². The molecule has 0 unspecified atom stereocenters. The minimum Gasteiger partial charge on any atom is -0.468 e. The van der Waals surface area contributed by atoms with Crippen LogP contribution in [0.25, 0.3) is 0 Å². The van der Waals surface area contributed by atoms with Crippen molar-refractivity contribution in [3.05, 3.63) is 24.2 Å². The standard InChI is InChI=1S/C19H30N4O3/c1-21(2)9-10-23-13-15(12-18(23)24)19(25)20-16-5-7-22(8-6-16)14-17-4-3-11-26-17/h3-4,11,15-16H,5-10,12-14H2,1-2H3,(H,20,25)/t15-/m0/s1. The number of carbonyl (C=O) groups is 2. The molecule has 0 aliphatic carbocycles. The van der Waals surface area contributed by atoms with E-state index in [1.165, 1.54) is 0 Å². The molecule has 0 bridgehead atoms. The van der Waals surface area contributed by atoms with Crippen molar-refractivity contribution in [2.75, 3.05) is 46.8 Å². The normalized spacial score (nSPS) is 22.3. The van der Waals surface area contributed by atoms with Gasteiger partial charge in [0.1, 0.15) is 5.76 Å². The van der Waals surface area contributed by atoms with E-state index < -0.39 is 0 Å². The van der Waals surface area contributed by atoms with Crippen LogP contribution in [0.4, 0.5) is 0 Å². The second kappa shape index (κ2) is 8.68. The van der Waals surface area contributed by atoms with Crippen LogP contribution in [-0.2, 0) is 16.1 Å². The zero-order valence-corrected chi connectivity index (χ0v) is 15.8. The van der Waals surface area contributed by atoms with Crippen LogP contribution in [-0.4, -0.2) is 79.4 Å². The molecule has 2 fully saturated rings. The van der Waals surface area contributed by atoms with E-state index in [0.717, 1.165) is 44.8 Å². The molecule has 1 aromatic heterocycles. The zero-order chi connectivity index (χ0) is 18.5. The van der Waals surface area contributed by atoms with E-state index in [9.17, 15) is 9.59 Å². The maximum Gasteiger partial charge on any atom is 0.225 e. The number of nitrogens with one attached hydrogen (secondary N) is 1. The van der Waals surface area contributed by atoms with Crippen LogP contribution in [0, 0.1) is 5.92 Å². The van der Waals surface area contributed by atoms with E-state index >= 15 is 0 Å². The average molecular weight is 362 g/mol. The van der Waals surface area contributed by atoms with Gasteiger partial charge in [0.25, 0.3) is 0 Å². The third-order valence-corrected chi connectivity index (χ3v) is 5.30. The highest BCUT2D eigenvalue weighted by Crippen LogP contribution is 2.19. The van der Waals surface area contributed by atoms with Crippen molar-refractivity contribution < 1.29 is 14.0 Å². The Hall–Kier alpha value is -1.86. The minimum atomic E-state index is -0.203. The smallest absolute Gasteiger partial charge is 0.225 e. The molecule has 144 valence electrons. The van der Waals surface area contributed by atoms with Crippen LogP contribution in [0.2, 0.25) is 0 Å². The van der Waals surface area contributed by atoms with Crippen molar-refractivity contribution in [1.29, 1.82) is 0 Å². The molecule has 7 heteroatoms. The summed E-state index contributed by atoms with van der Waals surface area (Å²) in [5.74, 6) is 0.913. The first kappa shape index (κ1) is 18.9. The van der Waals surface area contributed by atoms with Crippen molar-refractivity contribution in [3.8, 4) is 0 Å². The van der Waals surface area contributed by atoms with E-state index in [4.69, 9.17) is 4.42 Å².